The lowest BCUT2D eigenvalue weighted by atomic mass is 10.0. The molecule has 2 N–H and O–H groups in total. The minimum absolute atomic E-state index is 0.102. The molecule has 0 radical (unpaired) electrons. The predicted octanol–water partition coefficient (Wildman–Crippen LogP) is 3.82. The van der Waals surface area contributed by atoms with Crippen molar-refractivity contribution < 1.29 is 29.0 Å². The van der Waals surface area contributed by atoms with Crippen molar-refractivity contribution >= 4 is 24.1 Å². The Hall–Kier alpha value is -4.30. The van der Waals surface area contributed by atoms with Crippen LogP contribution in [0.1, 0.15) is 70.6 Å². The molecule has 1 amide bonds. The Morgan fingerprint density at radius 2 is 1.81 bits per heavy atom. The summed E-state index contributed by atoms with van der Waals surface area (Å²) >= 11 is 0. The van der Waals surface area contributed by atoms with E-state index in [9.17, 15) is 24.3 Å². The van der Waals surface area contributed by atoms with E-state index >= 15 is 0 Å². The monoisotopic (exact) mass is 486 g/mol. The number of nitrogens with zero attached hydrogens (tertiary/aromatic N) is 1. The molecule has 0 unspecified atom stereocenters. The van der Waals surface area contributed by atoms with Gasteiger partial charge in [0.05, 0.1) is 17.7 Å². The molecule has 184 valence electrons. The first kappa shape index (κ1) is 24.8. The van der Waals surface area contributed by atoms with E-state index in [2.05, 4.69) is 5.32 Å². The van der Waals surface area contributed by atoms with E-state index in [-0.39, 0.29) is 18.1 Å². The van der Waals surface area contributed by atoms with Gasteiger partial charge in [0.1, 0.15) is 6.29 Å². The molecule has 0 bridgehead atoms. The smallest absolute Gasteiger partial charge is 0.338 e. The SMILES string of the molecule is CCOC(=O)c1ccc(CNCc2cccc(CN3Cc4ccc(C(=O)O)cc4C3=O)c2)c(C=O)c1. The highest BCUT2D eigenvalue weighted by atomic mass is 16.5. The number of carbonyl (C=O) groups excluding carboxylic acids is 3. The second kappa shape index (κ2) is 11.0. The molecule has 0 spiro atoms. The van der Waals surface area contributed by atoms with Gasteiger partial charge >= 0.3 is 11.9 Å². The van der Waals surface area contributed by atoms with Crippen LogP contribution in [-0.4, -0.2) is 40.7 Å². The molecule has 0 atom stereocenters. The van der Waals surface area contributed by atoms with Crippen LogP contribution in [0.4, 0.5) is 0 Å². The van der Waals surface area contributed by atoms with Gasteiger partial charge in [0, 0.05) is 37.3 Å². The van der Waals surface area contributed by atoms with Gasteiger partial charge in [-0.15, -0.1) is 0 Å². The van der Waals surface area contributed by atoms with Gasteiger partial charge in [0.2, 0.25) is 0 Å². The molecule has 3 aromatic carbocycles. The number of fused-ring (bicyclic) bond motifs is 1. The van der Waals surface area contributed by atoms with Crippen LogP contribution >= 0.6 is 0 Å². The number of benzene rings is 3. The van der Waals surface area contributed by atoms with Crippen LogP contribution in [0.3, 0.4) is 0 Å². The summed E-state index contributed by atoms with van der Waals surface area (Å²) in [6, 6.07) is 17.4. The zero-order chi connectivity index (χ0) is 25.7. The second-order valence-corrected chi connectivity index (χ2v) is 8.51. The first-order valence-electron chi connectivity index (χ1n) is 11.6. The number of carboxylic acids is 1. The summed E-state index contributed by atoms with van der Waals surface area (Å²) in [5.74, 6) is -1.69. The Kier molecular flexibility index (Phi) is 7.56. The van der Waals surface area contributed by atoms with Gasteiger partial charge in [-0.1, -0.05) is 36.4 Å². The van der Waals surface area contributed by atoms with Crippen LogP contribution in [0, 0.1) is 0 Å². The second-order valence-electron chi connectivity index (χ2n) is 8.51. The largest absolute Gasteiger partial charge is 0.478 e. The van der Waals surface area contributed by atoms with Crippen LogP contribution in [0.15, 0.2) is 60.7 Å². The molecule has 0 aromatic heterocycles. The van der Waals surface area contributed by atoms with Crippen LogP contribution in [0.25, 0.3) is 0 Å². The van der Waals surface area contributed by atoms with Gasteiger partial charge in [-0.3, -0.25) is 9.59 Å². The van der Waals surface area contributed by atoms with Crippen molar-refractivity contribution in [3.63, 3.8) is 0 Å². The molecular formula is C28H26N2O6. The van der Waals surface area contributed by atoms with Gasteiger partial charge in [0.15, 0.2) is 0 Å². The number of amides is 1. The molecule has 3 aromatic rings. The highest BCUT2D eigenvalue weighted by Crippen LogP contribution is 2.26. The molecule has 0 saturated heterocycles. The van der Waals surface area contributed by atoms with E-state index < -0.39 is 11.9 Å². The number of rotatable bonds is 10. The van der Waals surface area contributed by atoms with Crippen molar-refractivity contribution in [1.82, 2.24) is 10.2 Å². The number of ether oxygens (including phenoxy) is 1. The zero-order valence-electron chi connectivity index (χ0n) is 19.8. The third-order valence-corrected chi connectivity index (χ3v) is 6.03. The Labute approximate surface area is 208 Å². The number of esters is 1. The van der Waals surface area contributed by atoms with E-state index in [0.29, 0.717) is 42.9 Å². The third kappa shape index (κ3) is 5.50. The summed E-state index contributed by atoms with van der Waals surface area (Å²) in [4.78, 5) is 49.2. The summed E-state index contributed by atoms with van der Waals surface area (Å²) in [5, 5.41) is 12.5. The van der Waals surface area contributed by atoms with Crippen molar-refractivity contribution in [3.05, 3.63) is 105 Å². The average molecular weight is 487 g/mol. The topological polar surface area (TPSA) is 113 Å². The van der Waals surface area contributed by atoms with E-state index in [0.717, 1.165) is 28.5 Å². The van der Waals surface area contributed by atoms with Gasteiger partial charge in [-0.05, 0) is 53.4 Å². The minimum Gasteiger partial charge on any atom is -0.478 e. The molecule has 1 heterocycles. The van der Waals surface area contributed by atoms with Crippen molar-refractivity contribution in [1.29, 1.82) is 0 Å². The number of aldehydes is 1. The fraction of sp³-hybridized carbons (Fsp3) is 0.214. The Morgan fingerprint density at radius 3 is 2.56 bits per heavy atom. The van der Waals surface area contributed by atoms with Crippen LogP contribution in [-0.2, 0) is 30.9 Å². The number of carbonyl (C=O) groups is 4. The van der Waals surface area contributed by atoms with Crippen molar-refractivity contribution in [3.8, 4) is 0 Å². The lowest BCUT2D eigenvalue weighted by Gasteiger charge is -2.16. The number of aromatic carboxylic acids is 1. The molecule has 8 nitrogen and oxygen atoms in total. The summed E-state index contributed by atoms with van der Waals surface area (Å²) in [5.41, 5.74) is 4.88. The van der Waals surface area contributed by atoms with E-state index in [1.807, 2.05) is 24.3 Å². The fourth-order valence-electron chi connectivity index (χ4n) is 4.23. The lowest BCUT2D eigenvalue weighted by molar-refractivity contribution is 0.0525. The standard InChI is InChI=1S/C28H26N2O6/c1-2-36-28(35)21-7-8-22(24(11-21)17-31)14-29-13-18-4-3-5-19(10-18)15-30-16-23-9-6-20(27(33)34)12-25(23)26(30)32/h3-12,17,29H,2,13-16H2,1H3,(H,33,34). The maximum absolute atomic E-state index is 12.8. The molecular weight excluding hydrogens is 460 g/mol. The lowest BCUT2D eigenvalue weighted by Crippen LogP contribution is -2.23. The highest BCUT2D eigenvalue weighted by molar-refractivity contribution is 6.01. The first-order valence-corrected chi connectivity index (χ1v) is 11.6. The molecule has 1 aliphatic heterocycles. The Bertz CT molecular complexity index is 1330. The number of nitrogens with one attached hydrogen (secondary N) is 1. The van der Waals surface area contributed by atoms with Gasteiger partial charge in [-0.2, -0.15) is 0 Å². The van der Waals surface area contributed by atoms with Crippen molar-refractivity contribution in [2.24, 2.45) is 0 Å². The Morgan fingerprint density at radius 1 is 1.03 bits per heavy atom. The number of hydrogen-bond donors (Lipinski definition) is 2. The quantitative estimate of drug-likeness (QED) is 0.331. The molecule has 36 heavy (non-hydrogen) atoms. The summed E-state index contributed by atoms with van der Waals surface area (Å²) in [6.45, 7) is 3.82. The summed E-state index contributed by atoms with van der Waals surface area (Å²) < 4.78 is 4.99. The zero-order valence-corrected chi connectivity index (χ0v) is 19.8. The molecule has 4 rings (SSSR count). The fourth-order valence-corrected chi connectivity index (χ4v) is 4.23. The van der Waals surface area contributed by atoms with Crippen LogP contribution in [0.2, 0.25) is 0 Å². The summed E-state index contributed by atoms with van der Waals surface area (Å²) in [6.07, 6.45) is 0.727. The predicted molar refractivity (Wildman–Crippen MR) is 132 cm³/mol. The van der Waals surface area contributed by atoms with Crippen molar-refractivity contribution in [2.45, 2.75) is 33.1 Å². The third-order valence-electron chi connectivity index (χ3n) is 6.03. The normalized spacial score (nSPS) is 12.4. The number of carboxylic acid groups (broad SMARTS) is 1. The number of hydrogen-bond acceptors (Lipinski definition) is 6. The molecule has 0 saturated carbocycles. The van der Waals surface area contributed by atoms with Crippen LogP contribution < -0.4 is 5.32 Å². The minimum atomic E-state index is -1.06. The average Bonchev–Trinajstić information content (AvgIpc) is 3.18. The van der Waals surface area contributed by atoms with E-state index in [1.54, 1.807) is 30.0 Å². The summed E-state index contributed by atoms with van der Waals surface area (Å²) in [7, 11) is 0. The highest BCUT2D eigenvalue weighted by Gasteiger charge is 2.28. The Balaban J connectivity index is 1.37. The van der Waals surface area contributed by atoms with Gasteiger partial charge in [-0.25, -0.2) is 9.59 Å². The maximum Gasteiger partial charge on any atom is 0.338 e. The van der Waals surface area contributed by atoms with Gasteiger partial charge in [0.25, 0.3) is 5.91 Å². The molecule has 0 aliphatic carbocycles. The van der Waals surface area contributed by atoms with Crippen molar-refractivity contribution in [2.75, 3.05) is 6.61 Å². The molecule has 1 aliphatic rings. The maximum atomic E-state index is 12.8. The van der Waals surface area contributed by atoms with E-state index in [4.69, 9.17) is 4.74 Å². The molecule has 8 heteroatoms. The molecule has 0 fully saturated rings. The van der Waals surface area contributed by atoms with Crippen LogP contribution in [0.5, 0.6) is 0 Å². The van der Waals surface area contributed by atoms with Gasteiger partial charge < -0.3 is 20.1 Å². The first-order chi connectivity index (χ1) is 17.4. The van der Waals surface area contributed by atoms with E-state index in [1.165, 1.54) is 18.2 Å².